The van der Waals surface area contributed by atoms with Crippen LogP contribution in [0.15, 0.2) is 18.2 Å². The van der Waals surface area contributed by atoms with E-state index in [1.807, 2.05) is 6.92 Å². The first-order valence-electron chi connectivity index (χ1n) is 6.86. The summed E-state index contributed by atoms with van der Waals surface area (Å²) in [5.74, 6) is -1.15. The summed E-state index contributed by atoms with van der Waals surface area (Å²) in [6.07, 6.45) is 1.76. The molecule has 1 aromatic rings. The molecule has 1 saturated heterocycles. The quantitative estimate of drug-likeness (QED) is 0.922. The molecule has 1 fully saturated rings. The van der Waals surface area contributed by atoms with Crippen molar-refractivity contribution >= 4 is 5.91 Å². The van der Waals surface area contributed by atoms with E-state index in [0.29, 0.717) is 24.7 Å². The van der Waals surface area contributed by atoms with Crippen LogP contribution in [0, 0.1) is 23.5 Å². The zero-order valence-electron chi connectivity index (χ0n) is 11.5. The number of halogens is 2. The van der Waals surface area contributed by atoms with Crippen LogP contribution in [0.25, 0.3) is 0 Å². The molecule has 1 aliphatic heterocycles. The molecule has 1 N–H and O–H groups in total. The highest BCUT2D eigenvalue weighted by Crippen LogP contribution is 2.23. The molecule has 1 aromatic carbocycles. The first-order chi connectivity index (χ1) is 9.56. The average molecular weight is 283 g/mol. The smallest absolute Gasteiger partial charge is 0.223 e. The van der Waals surface area contributed by atoms with Crippen LogP contribution in [0.2, 0.25) is 0 Å². The number of hydrogen-bond acceptors (Lipinski definition) is 2. The van der Waals surface area contributed by atoms with Gasteiger partial charge in [-0.3, -0.25) is 4.79 Å². The Labute approximate surface area is 117 Å². The van der Waals surface area contributed by atoms with Gasteiger partial charge in [-0.25, -0.2) is 8.78 Å². The van der Waals surface area contributed by atoms with Crippen molar-refractivity contribution in [1.82, 2.24) is 5.32 Å². The molecule has 0 saturated carbocycles. The number of benzene rings is 1. The van der Waals surface area contributed by atoms with E-state index in [1.54, 1.807) is 0 Å². The summed E-state index contributed by atoms with van der Waals surface area (Å²) < 4.78 is 31.3. The SMILES string of the molecule is C[C@H](C(=O)NCc1cc(F)cc(F)c1)C1CCOCC1. The first-order valence-corrected chi connectivity index (χ1v) is 6.86. The lowest BCUT2D eigenvalue weighted by molar-refractivity contribution is -0.127. The Morgan fingerprint density at radius 3 is 2.50 bits per heavy atom. The van der Waals surface area contributed by atoms with Gasteiger partial charge in [0.15, 0.2) is 0 Å². The fourth-order valence-corrected chi connectivity index (χ4v) is 2.49. The van der Waals surface area contributed by atoms with E-state index in [0.717, 1.165) is 18.9 Å². The zero-order valence-corrected chi connectivity index (χ0v) is 11.5. The molecular formula is C15H19F2NO2. The maximum absolute atomic E-state index is 13.0. The third-order valence-electron chi connectivity index (χ3n) is 3.78. The molecule has 0 radical (unpaired) electrons. The Balaban J connectivity index is 1.87. The van der Waals surface area contributed by atoms with Crippen LogP contribution < -0.4 is 5.32 Å². The predicted octanol–water partition coefficient (Wildman–Crippen LogP) is 2.64. The maximum Gasteiger partial charge on any atom is 0.223 e. The van der Waals surface area contributed by atoms with E-state index in [9.17, 15) is 13.6 Å². The minimum atomic E-state index is -0.633. The second-order valence-corrected chi connectivity index (χ2v) is 5.23. The molecule has 0 aliphatic carbocycles. The highest BCUT2D eigenvalue weighted by Gasteiger charge is 2.25. The van der Waals surface area contributed by atoms with E-state index in [4.69, 9.17) is 4.74 Å². The average Bonchev–Trinajstić information content (AvgIpc) is 2.44. The fraction of sp³-hybridized carbons (Fsp3) is 0.533. The molecule has 1 aliphatic rings. The monoisotopic (exact) mass is 283 g/mol. The van der Waals surface area contributed by atoms with Crippen LogP contribution in [0.4, 0.5) is 8.78 Å². The molecular weight excluding hydrogens is 264 g/mol. The molecule has 20 heavy (non-hydrogen) atoms. The number of carbonyl (C=O) groups is 1. The second-order valence-electron chi connectivity index (χ2n) is 5.23. The summed E-state index contributed by atoms with van der Waals surface area (Å²) in [5.41, 5.74) is 0.426. The summed E-state index contributed by atoms with van der Waals surface area (Å²) in [6, 6.07) is 3.26. The van der Waals surface area contributed by atoms with Crippen LogP contribution in [-0.4, -0.2) is 19.1 Å². The van der Waals surface area contributed by atoms with Gasteiger partial charge in [-0.05, 0) is 36.5 Å². The van der Waals surface area contributed by atoms with Crippen LogP contribution >= 0.6 is 0 Å². The topological polar surface area (TPSA) is 38.3 Å². The zero-order chi connectivity index (χ0) is 14.5. The van der Waals surface area contributed by atoms with Gasteiger partial charge >= 0.3 is 0 Å². The fourth-order valence-electron chi connectivity index (χ4n) is 2.49. The lowest BCUT2D eigenvalue weighted by atomic mass is 9.87. The Morgan fingerprint density at radius 2 is 1.90 bits per heavy atom. The van der Waals surface area contributed by atoms with Gasteiger partial charge in [0, 0.05) is 31.7 Å². The van der Waals surface area contributed by atoms with Crippen LogP contribution in [0.5, 0.6) is 0 Å². The van der Waals surface area contributed by atoms with E-state index in [-0.39, 0.29) is 18.4 Å². The normalized spacial score (nSPS) is 17.8. The third-order valence-corrected chi connectivity index (χ3v) is 3.78. The summed E-state index contributed by atoms with van der Waals surface area (Å²) >= 11 is 0. The minimum absolute atomic E-state index is 0.0819. The highest BCUT2D eigenvalue weighted by atomic mass is 19.1. The standard InChI is InChI=1S/C15H19F2NO2/c1-10(12-2-4-20-5-3-12)15(19)18-9-11-6-13(16)8-14(17)7-11/h6-8,10,12H,2-5,9H2,1H3,(H,18,19)/t10-/m0/s1. The largest absolute Gasteiger partial charge is 0.381 e. The molecule has 0 aromatic heterocycles. The van der Waals surface area contributed by atoms with Gasteiger partial charge in [-0.15, -0.1) is 0 Å². The van der Waals surface area contributed by atoms with Gasteiger partial charge in [-0.1, -0.05) is 6.92 Å². The van der Waals surface area contributed by atoms with E-state index >= 15 is 0 Å². The summed E-state index contributed by atoms with van der Waals surface area (Å²) in [4.78, 5) is 12.0. The van der Waals surface area contributed by atoms with E-state index in [1.165, 1.54) is 12.1 Å². The Kier molecular flexibility index (Phi) is 5.06. The lowest BCUT2D eigenvalue weighted by Gasteiger charge is -2.26. The maximum atomic E-state index is 13.0. The van der Waals surface area contributed by atoms with E-state index < -0.39 is 11.6 Å². The molecule has 2 rings (SSSR count). The van der Waals surface area contributed by atoms with Crippen molar-refractivity contribution in [1.29, 1.82) is 0 Å². The second kappa shape index (κ2) is 6.79. The Morgan fingerprint density at radius 1 is 1.30 bits per heavy atom. The van der Waals surface area contributed by atoms with Crippen molar-refractivity contribution in [3.05, 3.63) is 35.4 Å². The third kappa shape index (κ3) is 4.00. The van der Waals surface area contributed by atoms with Crippen molar-refractivity contribution in [2.24, 2.45) is 11.8 Å². The number of nitrogens with one attached hydrogen (secondary N) is 1. The van der Waals surface area contributed by atoms with E-state index in [2.05, 4.69) is 5.32 Å². The van der Waals surface area contributed by atoms with Gasteiger partial charge in [0.2, 0.25) is 5.91 Å². The molecule has 3 nitrogen and oxygen atoms in total. The number of ether oxygens (including phenoxy) is 1. The van der Waals surface area contributed by atoms with Crippen molar-refractivity contribution < 1.29 is 18.3 Å². The van der Waals surface area contributed by atoms with Crippen molar-refractivity contribution in [2.75, 3.05) is 13.2 Å². The van der Waals surface area contributed by atoms with Gasteiger partial charge in [0.05, 0.1) is 0 Å². The first kappa shape index (κ1) is 14.9. The molecule has 0 unspecified atom stereocenters. The summed E-state index contributed by atoms with van der Waals surface area (Å²) in [5, 5.41) is 2.74. The van der Waals surface area contributed by atoms with Gasteiger partial charge < -0.3 is 10.1 Å². The lowest BCUT2D eigenvalue weighted by Crippen LogP contribution is -2.35. The predicted molar refractivity (Wildman–Crippen MR) is 70.9 cm³/mol. The summed E-state index contributed by atoms with van der Waals surface area (Å²) in [6.45, 7) is 3.41. The number of hydrogen-bond donors (Lipinski definition) is 1. The molecule has 1 heterocycles. The number of carbonyl (C=O) groups excluding carboxylic acids is 1. The molecule has 110 valence electrons. The molecule has 0 bridgehead atoms. The van der Waals surface area contributed by atoms with Gasteiger partial charge in [0.25, 0.3) is 0 Å². The molecule has 1 atom stereocenters. The van der Waals surface area contributed by atoms with Crippen molar-refractivity contribution in [3.63, 3.8) is 0 Å². The minimum Gasteiger partial charge on any atom is -0.381 e. The van der Waals surface area contributed by atoms with Crippen LogP contribution in [0.3, 0.4) is 0 Å². The van der Waals surface area contributed by atoms with Gasteiger partial charge in [-0.2, -0.15) is 0 Å². The van der Waals surface area contributed by atoms with Gasteiger partial charge in [0.1, 0.15) is 11.6 Å². The molecule has 1 amide bonds. The van der Waals surface area contributed by atoms with Crippen molar-refractivity contribution in [2.45, 2.75) is 26.3 Å². The van der Waals surface area contributed by atoms with Crippen molar-refractivity contribution in [3.8, 4) is 0 Å². The summed E-state index contributed by atoms with van der Waals surface area (Å²) in [7, 11) is 0. The Hall–Kier alpha value is -1.49. The molecule has 0 spiro atoms. The molecule has 5 heteroatoms. The Bertz CT molecular complexity index is 453. The highest BCUT2D eigenvalue weighted by molar-refractivity contribution is 5.78. The number of rotatable bonds is 4. The van der Waals surface area contributed by atoms with Crippen LogP contribution in [0.1, 0.15) is 25.3 Å². The van der Waals surface area contributed by atoms with Crippen LogP contribution in [-0.2, 0) is 16.1 Å². The number of amides is 1.